The van der Waals surface area contributed by atoms with E-state index in [-0.39, 0.29) is 0 Å². The Morgan fingerprint density at radius 2 is 1.76 bits per heavy atom. The highest BCUT2D eigenvalue weighted by atomic mass is 15.3. The highest BCUT2D eigenvalue weighted by molar-refractivity contribution is 5.99. The Morgan fingerprint density at radius 3 is 2.53 bits per heavy atom. The molecule has 0 fully saturated rings. The molecule has 3 aromatic rings. The molecule has 2 N–H and O–H groups in total. The first-order valence-corrected chi connectivity index (χ1v) is 5.54. The Balaban J connectivity index is 2.35. The van der Waals surface area contributed by atoms with E-state index >= 15 is 0 Å². The van der Waals surface area contributed by atoms with Crippen molar-refractivity contribution in [3.05, 3.63) is 48.5 Å². The molecule has 0 spiro atoms. The van der Waals surface area contributed by atoms with E-state index in [1.165, 1.54) is 0 Å². The van der Waals surface area contributed by atoms with Crippen molar-refractivity contribution in [1.29, 1.82) is 0 Å². The van der Waals surface area contributed by atoms with Gasteiger partial charge in [0, 0.05) is 18.0 Å². The van der Waals surface area contributed by atoms with Crippen LogP contribution in [0, 0.1) is 0 Å². The molecule has 0 saturated heterocycles. The van der Waals surface area contributed by atoms with Crippen LogP contribution in [0.3, 0.4) is 0 Å². The van der Waals surface area contributed by atoms with Crippen molar-refractivity contribution in [3.8, 4) is 11.1 Å². The van der Waals surface area contributed by atoms with Crippen LogP contribution in [0.4, 0.5) is 5.82 Å². The van der Waals surface area contributed by atoms with E-state index in [1.54, 1.807) is 4.68 Å². The van der Waals surface area contributed by atoms with Crippen molar-refractivity contribution in [1.82, 2.24) is 9.78 Å². The van der Waals surface area contributed by atoms with Gasteiger partial charge >= 0.3 is 0 Å². The quantitative estimate of drug-likeness (QED) is 0.689. The summed E-state index contributed by atoms with van der Waals surface area (Å²) in [7, 11) is 1.87. The van der Waals surface area contributed by atoms with E-state index in [0.717, 1.165) is 22.0 Å². The van der Waals surface area contributed by atoms with E-state index in [0.29, 0.717) is 5.82 Å². The molecule has 0 unspecified atom stereocenters. The summed E-state index contributed by atoms with van der Waals surface area (Å²) in [6.45, 7) is 0. The summed E-state index contributed by atoms with van der Waals surface area (Å²) in [6.07, 6.45) is 0. The molecule has 0 radical (unpaired) electrons. The molecule has 0 aliphatic heterocycles. The van der Waals surface area contributed by atoms with Crippen LogP contribution in [0.15, 0.2) is 48.5 Å². The van der Waals surface area contributed by atoms with Gasteiger partial charge in [0.05, 0.1) is 0 Å². The number of hydrogen-bond acceptors (Lipinski definition) is 2. The lowest BCUT2D eigenvalue weighted by atomic mass is 10.0. The molecular weight excluding hydrogens is 210 g/mol. The number of nitrogen functional groups attached to an aromatic ring is 1. The van der Waals surface area contributed by atoms with Gasteiger partial charge in [-0.2, -0.15) is 5.10 Å². The second kappa shape index (κ2) is 3.63. The summed E-state index contributed by atoms with van der Waals surface area (Å²) in [4.78, 5) is 0. The highest BCUT2D eigenvalue weighted by Crippen LogP contribution is 2.30. The Labute approximate surface area is 99.5 Å². The molecule has 1 heterocycles. The van der Waals surface area contributed by atoms with Crippen molar-refractivity contribution in [2.45, 2.75) is 0 Å². The summed E-state index contributed by atoms with van der Waals surface area (Å²) in [5.74, 6) is 0.706. The van der Waals surface area contributed by atoms with Crippen LogP contribution in [0.1, 0.15) is 0 Å². The second-order valence-corrected chi connectivity index (χ2v) is 4.08. The SMILES string of the molecule is Cn1nc2c(-c3ccccc3)cccc2c1N. The van der Waals surface area contributed by atoms with Crippen molar-refractivity contribution in [3.63, 3.8) is 0 Å². The molecule has 17 heavy (non-hydrogen) atoms. The lowest BCUT2D eigenvalue weighted by Crippen LogP contribution is -1.96. The number of aryl methyl sites for hydroxylation is 1. The smallest absolute Gasteiger partial charge is 0.129 e. The zero-order valence-electron chi connectivity index (χ0n) is 9.59. The molecule has 0 saturated carbocycles. The van der Waals surface area contributed by atoms with E-state index in [2.05, 4.69) is 23.3 Å². The van der Waals surface area contributed by atoms with Crippen molar-refractivity contribution in [2.75, 3.05) is 5.73 Å². The lowest BCUT2D eigenvalue weighted by Gasteiger charge is -2.01. The third-order valence-corrected chi connectivity index (χ3v) is 3.00. The molecule has 0 bridgehead atoms. The van der Waals surface area contributed by atoms with E-state index in [1.807, 2.05) is 37.4 Å². The van der Waals surface area contributed by atoms with Crippen LogP contribution in [0.25, 0.3) is 22.0 Å². The fraction of sp³-hybridized carbons (Fsp3) is 0.0714. The number of fused-ring (bicyclic) bond motifs is 1. The summed E-state index contributed by atoms with van der Waals surface area (Å²) < 4.78 is 1.72. The predicted molar refractivity (Wildman–Crippen MR) is 70.6 cm³/mol. The van der Waals surface area contributed by atoms with Gasteiger partial charge < -0.3 is 5.73 Å². The van der Waals surface area contributed by atoms with Gasteiger partial charge in [-0.25, -0.2) is 0 Å². The summed E-state index contributed by atoms with van der Waals surface area (Å²) >= 11 is 0. The first-order valence-electron chi connectivity index (χ1n) is 5.54. The second-order valence-electron chi connectivity index (χ2n) is 4.08. The number of nitrogens with two attached hydrogens (primary N) is 1. The van der Waals surface area contributed by atoms with Gasteiger partial charge in [0.2, 0.25) is 0 Å². The molecular formula is C14H13N3. The average Bonchev–Trinajstić information content (AvgIpc) is 2.67. The Morgan fingerprint density at radius 1 is 1.00 bits per heavy atom. The van der Waals surface area contributed by atoms with Gasteiger partial charge in [0.1, 0.15) is 11.3 Å². The van der Waals surface area contributed by atoms with Gasteiger partial charge in [-0.3, -0.25) is 4.68 Å². The first kappa shape index (κ1) is 9.90. The molecule has 2 aromatic carbocycles. The maximum Gasteiger partial charge on any atom is 0.129 e. The third kappa shape index (κ3) is 1.47. The number of anilines is 1. The molecule has 3 heteroatoms. The minimum Gasteiger partial charge on any atom is -0.383 e. The largest absolute Gasteiger partial charge is 0.383 e. The van der Waals surface area contributed by atoms with Gasteiger partial charge in [-0.1, -0.05) is 42.5 Å². The normalized spacial score (nSPS) is 10.9. The monoisotopic (exact) mass is 223 g/mol. The van der Waals surface area contributed by atoms with Crippen LogP contribution in [0.2, 0.25) is 0 Å². The molecule has 0 aliphatic carbocycles. The zero-order chi connectivity index (χ0) is 11.8. The Bertz CT molecular complexity index is 669. The van der Waals surface area contributed by atoms with Gasteiger partial charge in [-0.05, 0) is 11.6 Å². The van der Waals surface area contributed by atoms with Crippen molar-refractivity contribution < 1.29 is 0 Å². The summed E-state index contributed by atoms with van der Waals surface area (Å²) in [6, 6.07) is 16.3. The standard InChI is InChI=1S/C14H13N3/c1-17-14(15)12-9-5-8-11(13(12)16-17)10-6-3-2-4-7-10/h2-9H,15H2,1H3. The van der Waals surface area contributed by atoms with Gasteiger partial charge in [0.15, 0.2) is 0 Å². The Kier molecular flexibility index (Phi) is 2.11. The van der Waals surface area contributed by atoms with E-state index in [4.69, 9.17) is 5.73 Å². The topological polar surface area (TPSA) is 43.8 Å². The summed E-state index contributed by atoms with van der Waals surface area (Å²) in [5.41, 5.74) is 9.23. The number of nitrogens with zero attached hydrogens (tertiary/aromatic N) is 2. The molecule has 3 nitrogen and oxygen atoms in total. The minimum atomic E-state index is 0.706. The van der Waals surface area contributed by atoms with Crippen molar-refractivity contribution >= 4 is 16.7 Å². The maximum absolute atomic E-state index is 5.99. The molecule has 0 atom stereocenters. The predicted octanol–water partition coefficient (Wildman–Crippen LogP) is 2.82. The van der Waals surface area contributed by atoms with E-state index < -0.39 is 0 Å². The molecule has 0 aliphatic rings. The number of aromatic nitrogens is 2. The van der Waals surface area contributed by atoms with E-state index in [9.17, 15) is 0 Å². The maximum atomic E-state index is 5.99. The fourth-order valence-electron chi connectivity index (χ4n) is 2.09. The van der Waals surface area contributed by atoms with Gasteiger partial charge in [0.25, 0.3) is 0 Å². The van der Waals surface area contributed by atoms with Crippen LogP contribution in [0.5, 0.6) is 0 Å². The first-order chi connectivity index (χ1) is 8.27. The molecule has 1 aromatic heterocycles. The molecule has 0 amide bonds. The molecule has 3 rings (SSSR count). The lowest BCUT2D eigenvalue weighted by molar-refractivity contribution is 0.791. The van der Waals surface area contributed by atoms with Crippen LogP contribution in [-0.2, 0) is 7.05 Å². The zero-order valence-corrected chi connectivity index (χ0v) is 9.59. The average molecular weight is 223 g/mol. The highest BCUT2D eigenvalue weighted by Gasteiger charge is 2.10. The van der Waals surface area contributed by atoms with Crippen molar-refractivity contribution in [2.24, 2.45) is 7.05 Å². The number of hydrogen-bond donors (Lipinski definition) is 1. The minimum absolute atomic E-state index is 0.706. The fourth-order valence-corrected chi connectivity index (χ4v) is 2.09. The van der Waals surface area contributed by atoms with Crippen LogP contribution in [-0.4, -0.2) is 9.78 Å². The number of rotatable bonds is 1. The molecule has 84 valence electrons. The summed E-state index contributed by atoms with van der Waals surface area (Å²) in [5, 5.41) is 5.49. The third-order valence-electron chi connectivity index (χ3n) is 3.00. The van der Waals surface area contributed by atoms with Crippen LogP contribution >= 0.6 is 0 Å². The Hall–Kier alpha value is -2.29. The van der Waals surface area contributed by atoms with Crippen LogP contribution < -0.4 is 5.73 Å². The van der Waals surface area contributed by atoms with Gasteiger partial charge in [-0.15, -0.1) is 0 Å². The number of benzene rings is 2.